The molecule has 22 heavy (non-hydrogen) atoms. The molecule has 2 aliphatic rings. The Hall–Kier alpha value is -0.900. The molecule has 0 saturated heterocycles. The van der Waals surface area contributed by atoms with Crippen LogP contribution in [0.5, 0.6) is 0 Å². The minimum atomic E-state index is 0.0330. The molecular weight excluding hydrogens is 306 g/mol. The molecule has 0 bridgehead atoms. The van der Waals surface area contributed by atoms with Gasteiger partial charge < -0.3 is 0 Å². The van der Waals surface area contributed by atoms with E-state index in [1.165, 1.54) is 51.7 Å². The summed E-state index contributed by atoms with van der Waals surface area (Å²) in [4.78, 5) is 5.78. The fourth-order valence-corrected chi connectivity index (χ4v) is 6.93. The van der Waals surface area contributed by atoms with E-state index >= 15 is 0 Å². The third-order valence-corrected chi connectivity index (χ3v) is 8.06. The standard InChI is InChI=1S/C19H22NS2/c1-2-8-15(9-3-1)14-20-22-18-12-6-4-10-16(18)21-17-11-5-7-13-19(17)22/h4-7,10-13,15,20H,1-3,8-9,14H2/q+1. The highest BCUT2D eigenvalue weighted by molar-refractivity contribution is 8.03. The van der Waals surface area contributed by atoms with Gasteiger partial charge in [-0.3, -0.25) is 0 Å². The maximum absolute atomic E-state index is 3.92. The molecule has 1 heterocycles. The van der Waals surface area contributed by atoms with Crippen LogP contribution in [0, 0.1) is 5.92 Å². The number of nitrogens with one attached hydrogen (secondary N) is 1. The SMILES string of the molecule is c1ccc2c(c1)Sc1ccccc1[S+]2NCC1CCCCC1. The summed E-state index contributed by atoms with van der Waals surface area (Å²) in [5.74, 6) is 0.871. The van der Waals surface area contributed by atoms with Crippen molar-refractivity contribution in [1.29, 1.82) is 0 Å². The summed E-state index contributed by atoms with van der Waals surface area (Å²) in [5, 5.41) is 0. The molecule has 1 nitrogen and oxygen atoms in total. The van der Waals surface area contributed by atoms with Crippen LogP contribution in [0.3, 0.4) is 0 Å². The van der Waals surface area contributed by atoms with Crippen molar-refractivity contribution in [2.45, 2.75) is 51.7 Å². The second kappa shape index (κ2) is 6.69. The number of benzene rings is 2. The quantitative estimate of drug-likeness (QED) is 0.770. The lowest BCUT2D eigenvalue weighted by Gasteiger charge is -2.23. The first-order valence-corrected chi connectivity index (χ1v) is 10.3. The molecule has 2 aromatic rings. The molecule has 1 saturated carbocycles. The third-order valence-electron chi connectivity index (χ3n) is 4.60. The first kappa shape index (κ1) is 14.7. The molecule has 0 unspecified atom stereocenters. The van der Waals surface area contributed by atoms with Crippen molar-refractivity contribution >= 4 is 22.8 Å². The van der Waals surface area contributed by atoms with Gasteiger partial charge in [0.15, 0.2) is 20.9 Å². The third kappa shape index (κ3) is 2.94. The highest BCUT2D eigenvalue weighted by Crippen LogP contribution is 2.44. The monoisotopic (exact) mass is 328 g/mol. The Balaban J connectivity index is 1.60. The lowest BCUT2D eigenvalue weighted by atomic mass is 9.90. The van der Waals surface area contributed by atoms with E-state index in [2.05, 4.69) is 53.3 Å². The Kier molecular flexibility index (Phi) is 4.47. The molecule has 4 rings (SSSR count). The van der Waals surface area contributed by atoms with Gasteiger partial charge in [-0.25, -0.2) is 0 Å². The molecule has 1 aliphatic carbocycles. The summed E-state index contributed by atoms with van der Waals surface area (Å²) in [6.45, 7) is 1.16. The normalized spacial score (nSPS) is 18.7. The van der Waals surface area contributed by atoms with E-state index in [1.54, 1.807) is 0 Å². The van der Waals surface area contributed by atoms with E-state index in [-0.39, 0.29) is 11.1 Å². The highest BCUT2D eigenvalue weighted by atomic mass is 32.2. The van der Waals surface area contributed by atoms with E-state index in [0.717, 1.165) is 12.5 Å². The van der Waals surface area contributed by atoms with E-state index in [4.69, 9.17) is 0 Å². The first-order valence-electron chi connectivity index (χ1n) is 8.25. The van der Waals surface area contributed by atoms with Crippen LogP contribution in [-0.4, -0.2) is 6.54 Å². The van der Waals surface area contributed by atoms with Gasteiger partial charge in [0.2, 0.25) is 0 Å². The molecule has 3 heteroatoms. The van der Waals surface area contributed by atoms with Crippen molar-refractivity contribution in [3.05, 3.63) is 48.5 Å². The molecule has 1 aliphatic heterocycles. The first-order chi connectivity index (χ1) is 10.9. The number of fused-ring (bicyclic) bond motifs is 2. The fraction of sp³-hybridized carbons (Fsp3) is 0.368. The summed E-state index contributed by atoms with van der Waals surface area (Å²) >= 11 is 1.95. The van der Waals surface area contributed by atoms with E-state index in [9.17, 15) is 0 Å². The van der Waals surface area contributed by atoms with Crippen molar-refractivity contribution in [3.63, 3.8) is 0 Å². The molecule has 0 amide bonds. The predicted octanol–water partition coefficient (Wildman–Crippen LogP) is 5.27. The summed E-state index contributed by atoms with van der Waals surface area (Å²) in [6.07, 6.45) is 7.08. The summed E-state index contributed by atoms with van der Waals surface area (Å²) in [7, 11) is 0. The van der Waals surface area contributed by atoms with E-state index in [1.807, 2.05) is 11.8 Å². The molecule has 1 fully saturated rings. The molecule has 0 aromatic heterocycles. The smallest absolute Gasteiger partial charge is 0.128 e. The van der Waals surface area contributed by atoms with Gasteiger partial charge in [-0.05, 0) is 43.0 Å². The zero-order valence-corrected chi connectivity index (χ0v) is 14.4. The van der Waals surface area contributed by atoms with Gasteiger partial charge in [-0.2, -0.15) is 0 Å². The Morgan fingerprint density at radius 2 is 1.45 bits per heavy atom. The summed E-state index contributed by atoms with van der Waals surface area (Å²) in [6, 6.07) is 17.8. The van der Waals surface area contributed by atoms with Crippen LogP contribution >= 0.6 is 11.8 Å². The van der Waals surface area contributed by atoms with Gasteiger partial charge in [-0.15, -0.1) is 4.72 Å². The molecular formula is C19H22NS2+. The molecule has 114 valence electrons. The molecule has 0 spiro atoms. The lowest BCUT2D eigenvalue weighted by Crippen LogP contribution is -2.32. The largest absolute Gasteiger partial charge is 0.195 e. The zero-order valence-electron chi connectivity index (χ0n) is 12.8. The van der Waals surface area contributed by atoms with Crippen LogP contribution in [-0.2, 0) is 11.1 Å². The van der Waals surface area contributed by atoms with Crippen molar-refractivity contribution < 1.29 is 0 Å². The van der Waals surface area contributed by atoms with Crippen LogP contribution < -0.4 is 4.72 Å². The van der Waals surface area contributed by atoms with E-state index in [0.29, 0.717) is 0 Å². The zero-order chi connectivity index (χ0) is 14.8. The summed E-state index contributed by atoms with van der Waals surface area (Å²) in [5.41, 5.74) is 0. The number of rotatable bonds is 3. The Bertz CT molecular complexity index is 604. The van der Waals surface area contributed by atoms with Crippen LogP contribution in [0.1, 0.15) is 32.1 Å². The number of hydrogen-bond donors (Lipinski definition) is 1. The Morgan fingerprint density at radius 3 is 2.09 bits per heavy atom. The minimum Gasteiger partial charge on any atom is -0.128 e. The van der Waals surface area contributed by atoms with Crippen LogP contribution in [0.15, 0.2) is 68.1 Å². The van der Waals surface area contributed by atoms with Gasteiger partial charge in [0.05, 0.1) is 9.79 Å². The maximum atomic E-state index is 3.92. The highest BCUT2D eigenvalue weighted by Gasteiger charge is 2.36. The summed E-state index contributed by atoms with van der Waals surface area (Å²) < 4.78 is 3.92. The maximum Gasteiger partial charge on any atom is 0.195 e. The van der Waals surface area contributed by atoms with Crippen LogP contribution in [0.2, 0.25) is 0 Å². The van der Waals surface area contributed by atoms with E-state index < -0.39 is 0 Å². The van der Waals surface area contributed by atoms with Gasteiger partial charge in [0.1, 0.15) is 0 Å². The van der Waals surface area contributed by atoms with Gasteiger partial charge in [-0.1, -0.05) is 55.3 Å². The van der Waals surface area contributed by atoms with Gasteiger partial charge in [0.25, 0.3) is 0 Å². The van der Waals surface area contributed by atoms with Crippen LogP contribution in [0.25, 0.3) is 0 Å². The van der Waals surface area contributed by atoms with Gasteiger partial charge in [0, 0.05) is 6.54 Å². The lowest BCUT2D eigenvalue weighted by molar-refractivity contribution is 0.359. The van der Waals surface area contributed by atoms with Crippen molar-refractivity contribution in [3.8, 4) is 0 Å². The second-order valence-corrected chi connectivity index (χ2v) is 9.02. The molecule has 2 aromatic carbocycles. The van der Waals surface area contributed by atoms with Crippen LogP contribution in [0.4, 0.5) is 0 Å². The Morgan fingerprint density at radius 1 is 0.864 bits per heavy atom. The van der Waals surface area contributed by atoms with Gasteiger partial charge >= 0.3 is 0 Å². The fourth-order valence-electron chi connectivity index (χ4n) is 3.39. The van der Waals surface area contributed by atoms with Crippen molar-refractivity contribution in [1.82, 2.24) is 4.72 Å². The topological polar surface area (TPSA) is 12.0 Å². The average molecular weight is 329 g/mol. The Labute approximate surface area is 140 Å². The molecule has 1 N–H and O–H groups in total. The molecule has 0 atom stereocenters. The minimum absolute atomic E-state index is 0.0330. The van der Waals surface area contributed by atoms with Crippen molar-refractivity contribution in [2.24, 2.45) is 5.92 Å². The second-order valence-electron chi connectivity index (χ2n) is 6.15. The number of hydrogen-bond acceptors (Lipinski definition) is 2. The predicted molar refractivity (Wildman–Crippen MR) is 95.5 cm³/mol. The average Bonchev–Trinajstić information content (AvgIpc) is 2.59. The van der Waals surface area contributed by atoms with Crippen molar-refractivity contribution in [2.75, 3.05) is 6.54 Å². The molecule has 0 radical (unpaired) electrons.